The third-order valence-electron chi connectivity index (χ3n) is 4.14. The van der Waals surface area contributed by atoms with Gasteiger partial charge in [0.15, 0.2) is 5.16 Å². The van der Waals surface area contributed by atoms with Gasteiger partial charge in [0.2, 0.25) is 6.54 Å². The zero-order valence-electron chi connectivity index (χ0n) is 15.3. The standard InChI is InChI=1S/C19H20N4O3S/c1-13-4-6-15(7-5-13)18(12-22(24)25)27-19-21-20-14(2)23(19)16-8-10-17(26-3)11-9-16/h4-11,18H,12H2,1-3H3/t18-/m1/s1. The maximum Gasteiger partial charge on any atom is 0.220 e. The summed E-state index contributed by atoms with van der Waals surface area (Å²) in [5, 5.41) is 19.9. The molecular formula is C19H20N4O3S. The molecule has 1 aromatic heterocycles. The molecule has 0 N–H and O–H groups in total. The van der Waals surface area contributed by atoms with Crippen molar-refractivity contribution in [1.82, 2.24) is 14.8 Å². The zero-order chi connectivity index (χ0) is 19.4. The summed E-state index contributed by atoms with van der Waals surface area (Å²) in [7, 11) is 1.62. The van der Waals surface area contributed by atoms with Crippen molar-refractivity contribution in [1.29, 1.82) is 0 Å². The van der Waals surface area contributed by atoms with Gasteiger partial charge in [-0.25, -0.2) is 0 Å². The fourth-order valence-electron chi connectivity index (χ4n) is 2.70. The van der Waals surface area contributed by atoms with E-state index in [1.165, 1.54) is 11.8 Å². The number of hydrogen-bond donors (Lipinski definition) is 0. The van der Waals surface area contributed by atoms with Crippen LogP contribution < -0.4 is 4.74 Å². The van der Waals surface area contributed by atoms with E-state index < -0.39 is 0 Å². The van der Waals surface area contributed by atoms with E-state index in [1.807, 2.05) is 66.9 Å². The van der Waals surface area contributed by atoms with Crippen LogP contribution in [0.1, 0.15) is 22.2 Å². The summed E-state index contributed by atoms with van der Waals surface area (Å²) in [6.07, 6.45) is 0. The molecule has 8 heteroatoms. The maximum absolute atomic E-state index is 11.2. The summed E-state index contributed by atoms with van der Waals surface area (Å²) in [5.41, 5.74) is 2.88. The van der Waals surface area contributed by atoms with Crippen LogP contribution in [0.15, 0.2) is 53.7 Å². The molecule has 0 unspecified atom stereocenters. The monoisotopic (exact) mass is 384 g/mol. The van der Waals surface area contributed by atoms with Crippen molar-refractivity contribution >= 4 is 11.8 Å². The van der Waals surface area contributed by atoms with Crippen molar-refractivity contribution in [3.8, 4) is 11.4 Å². The molecule has 1 atom stereocenters. The Bertz CT molecular complexity index is 923. The minimum absolute atomic E-state index is 0.192. The number of aromatic nitrogens is 3. The molecule has 3 aromatic rings. The van der Waals surface area contributed by atoms with Crippen LogP contribution in [-0.2, 0) is 0 Å². The van der Waals surface area contributed by atoms with E-state index in [4.69, 9.17) is 4.74 Å². The number of methoxy groups -OCH3 is 1. The molecule has 2 aromatic carbocycles. The van der Waals surface area contributed by atoms with Gasteiger partial charge in [-0.3, -0.25) is 14.7 Å². The first kappa shape index (κ1) is 18.9. The van der Waals surface area contributed by atoms with E-state index in [-0.39, 0.29) is 16.7 Å². The Morgan fingerprint density at radius 1 is 1.11 bits per heavy atom. The molecule has 0 aliphatic heterocycles. The third kappa shape index (κ3) is 4.46. The largest absolute Gasteiger partial charge is 0.497 e. The Morgan fingerprint density at radius 3 is 2.37 bits per heavy atom. The first-order valence-corrected chi connectivity index (χ1v) is 9.27. The molecule has 0 radical (unpaired) electrons. The second-order valence-electron chi connectivity index (χ2n) is 6.10. The van der Waals surface area contributed by atoms with Crippen molar-refractivity contribution in [3.63, 3.8) is 0 Å². The van der Waals surface area contributed by atoms with Crippen molar-refractivity contribution < 1.29 is 9.66 Å². The van der Waals surface area contributed by atoms with E-state index in [0.717, 1.165) is 22.6 Å². The fraction of sp³-hybridized carbons (Fsp3) is 0.263. The van der Waals surface area contributed by atoms with Crippen LogP contribution in [0.25, 0.3) is 5.69 Å². The second-order valence-corrected chi connectivity index (χ2v) is 7.27. The molecule has 0 amide bonds. The summed E-state index contributed by atoms with van der Waals surface area (Å²) in [6, 6.07) is 15.3. The third-order valence-corrected chi connectivity index (χ3v) is 5.32. The summed E-state index contributed by atoms with van der Waals surface area (Å²) < 4.78 is 7.10. The lowest BCUT2D eigenvalue weighted by Gasteiger charge is -2.14. The molecule has 0 spiro atoms. The average molecular weight is 384 g/mol. The smallest absolute Gasteiger partial charge is 0.220 e. The molecule has 0 saturated carbocycles. The Hall–Kier alpha value is -2.87. The molecule has 0 fully saturated rings. The lowest BCUT2D eigenvalue weighted by Crippen LogP contribution is -2.11. The van der Waals surface area contributed by atoms with Gasteiger partial charge in [0.1, 0.15) is 16.8 Å². The highest BCUT2D eigenvalue weighted by Crippen LogP contribution is 2.36. The first-order chi connectivity index (χ1) is 13.0. The normalized spacial score (nSPS) is 12.0. The molecular weight excluding hydrogens is 364 g/mol. The average Bonchev–Trinajstić information content (AvgIpc) is 3.02. The number of ether oxygens (including phenoxy) is 1. The lowest BCUT2D eigenvalue weighted by molar-refractivity contribution is -0.479. The van der Waals surface area contributed by atoms with E-state index in [0.29, 0.717) is 11.0 Å². The number of thioether (sulfide) groups is 1. The molecule has 140 valence electrons. The number of benzene rings is 2. The van der Waals surface area contributed by atoms with E-state index in [9.17, 15) is 10.1 Å². The summed E-state index contributed by atoms with van der Waals surface area (Å²) >= 11 is 1.34. The van der Waals surface area contributed by atoms with E-state index >= 15 is 0 Å². The summed E-state index contributed by atoms with van der Waals surface area (Å²) in [5.74, 6) is 1.47. The van der Waals surface area contributed by atoms with Crippen molar-refractivity contribution in [2.75, 3.05) is 13.7 Å². The van der Waals surface area contributed by atoms with Gasteiger partial charge in [-0.15, -0.1) is 10.2 Å². The van der Waals surface area contributed by atoms with Gasteiger partial charge in [-0.05, 0) is 43.7 Å². The van der Waals surface area contributed by atoms with Crippen molar-refractivity contribution in [2.24, 2.45) is 0 Å². The number of nitro groups is 1. The Labute approximate surface area is 161 Å². The number of nitrogens with zero attached hydrogens (tertiary/aromatic N) is 4. The molecule has 0 bridgehead atoms. The summed E-state index contributed by atoms with van der Waals surface area (Å²) in [4.78, 5) is 10.9. The number of aryl methyl sites for hydroxylation is 2. The highest BCUT2D eigenvalue weighted by molar-refractivity contribution is 7.99. The van der Waals surface area contributed by atoms with Gasteiger partial charge in [0.25, 0.3) is 0 Å². The van der Waals surface area contributed by atoms with Crippen LogP contribution in [0.3, 0.4) is 0 Å². The second kappa shape index (κ2) is 8.22. The van der Waals surface area contributed by atoms with E-state index in [1.54, 1.807) is 7.11 Å². The van der Waals surface area contributed by atoms with Crippen LogP contribution in [0.4, 0.5) is 0 Å². The van der Waals surface area contributed by atoms with Gasteiger partial charge in [-0.1, -0.05) is 41.6 Å². The van der Waals surface area contributed by atoms with Gasteiger partial charge < -0.3 is 4.74 Å². The quantitative estimate of drug-likeness (QED) is 0.348. The zero-order valence-corrected chi connectivity index (χ0v) is 16.1. The van der Waals surface area contributed by atoms with Gasteiger partial charge >= 0.3 is 0 Å². The Kier molecular flexibility index (Phi) is 5.75. The molecule has 0 saturated heterocycles. The highest BCUT2D eigenvalue weighted by Gasteiger charge is 2.23. The van der Waals surface area contributed by atoms with Gasteiger partial charge in [0.05, 0.1) is 7.11 Å². The fourth-order valence-corrected chi connectivity index (χ4v) is 3.88. The lowest BCUT2D eigenvalue weighted by atomic mass is 10.1. The van der Waals surface area contributed by atoms with Gasteiger partial charge in [0, 0.05) is 10.6 Å². The van der Waals surface area contributed by atoms with Crippen LogP contribution in [0.2, 0.25) is 0 Å². The minimum atomic E-state index is -0.360. The Balaban J connectivity index is 1.94. The molecule has 0 aliphatic rings. The van der Waals surface area contributed by atoms with Crippen molar-refractivity contribution in [3.05, 3.63) is 75.6 Å². The predicted molar refractivity (Wildman–Crippen MR) is 104 cm³/mol. The molecule has 0 aliphatic carbocycles. The molecule has 27 heavy (non-hydrogen) atoms. The van der Waals surface area contributed by atoms with Crippen LogP contribution in [0.5, 0.6) is 5.75 Å². The van der Waals surface area contributed by atoms with Crippen LogP contribution in [0, 0.1) is 24.0 Å². The topological polar surface area (TPSA) is 83.1 Å². The SMILES string of the molecule is COc1ccc(-n2c(C)nnc2S[C@H](C[N+](=O)[O-])c2ccc(C)cc2)cc1. The van der Waals surface area contributed by atoms with Crippen LogP contribution in [-0.4, -0.2) is 33.3 Å². The summed E-state index contributed by atoms with van der Waals surface area (Å²) in [6.45, 7) is 3.65. The van der Waals surface area contributed by atoms with Crippen molar-refractivity contribution in [2.45, 2.75) is 24.3 Å². The van der Waals surface area contributed by atoms with Gasteiger partial charge in [-0.2, -0.15) is 0 Å². The Morgan fingerprint density at radius 2 is 1.78 bits per heavy atom. The minimum Gasteiger partial charge on any atom is -0.497 e. The number of hydrogen-bond acceptors (Lipinski definition) is 6. The predicted octanol–water partition coefficient (Wildman–Crippen LogP) is 4.00. The van der Waals surface area contributed by atoms with E-state index in [2.05, 4.69) is 10.2 Å². The van der Waals surface area contributed by atoms with Crippen LogP contribution >= 0.6 is 11.8 Å². The number of rotatable bonds is 7. The highest BCUT2D eigenvalue weighted by atomic mass is 32.2. The molecule has 1 heterocycles. The first-order valence-electron chi connectivity index (χ1n) is 8.39. The molecule has 7 nitrogen and oxygen atoms in total. The molecule has 3 rings (SSSR count). The maximum atomic E-state index is 11.2.